The predicted octanol–water partition coefficient (Wildman–Crippen LogP) is 5.79. The van der Waals surface area contributed by atoms with E-state index in [1.165, 1.54) is 12.8 Å². The maximum atomic E-state index is 17.0. The molecule has 1 N–H and O–H groups in total. The number of rotatable bonds is 4. The molecule has 3 saturated heterocycles. The van der Waals surface area contributed by atoms with Crippen molar-refractivity contribution in [1.82, 2.24) is 24.8 Å². The van der Waals surface area contributed by atoms with E-state index in [0.717, 1.165) is 55.7 Å². The van der Waals surface area contributed by atoms with Gasteiger partial charge in [0.25, 0.3) is 0 Å². The van der Waals surface area contributed by atoms with Crippen molar-refractivity contribution in [3.8, 4) is 17.3 Å². The third-order valence-corrected chi connectivity index (χ3v) is 11.3. The highest BCUT2D eigenvalue weighted by atomic mass is 32.1. The van der Waals surface area contributed by atoms with E-state index < -0.39 is 23.3 Å². The monoisotopic (exact) mass is 674 g/mol. The van der Waals surface area contributed by atoms with Gasteiger partial charge < -0.3 is 14.4 Å². The number of fused-ring (bicyclic) bond motifs is 6. The van der Waals surface area contributed by atoms with Gasteiger partial charge in [0.2, 0.25) is 5.95 Å². The van der Waals surface area contributed by atoms with Gasteiger partial charge >= 0.3 is 6.09 Å². The SMILES string of the molecule is CN1C2CCC1CN([C@@H]1CCN(c3ncc4c5c(c(-c6ncc(F)c7sc(NC(=O)OC(C)(C)C)c(C#N)c67)c(F)c4n3)COC5)C1)C2. The van der Waals surface area contributed by atoms with Crippen LogP contribution in [0.2, 0.25) is 0 Å². The molecule has 0 radical (unpaired) electrons. The van der Waals surface area contributed by atoms with Crippen LogP contribution in [0.15, 0.2) is 12.4 Å². The number of nitrogens with zero attached hydrogens (tertiary/aromatic N) is 7. The number of nitriles is 1. The Morgan fingerprint density at radius 1 is 1.08 bits per heavy atom. The second-order valence-electron chi connectivity index (χ2n) is 14.2. The van der Waals surface area contributed by atoms with Crippen molar-refractivity contribution < 1.29 is 23.0 Å². The molecule has 3 fully saturated rings. The van der Waals surface area contributed by atoms with Crippen LogP contribution in [0.3, 0.4) is 0 Å². The number of hydrogen-bond acceptors (Lipinski definition) is 11. The van der Waals surface area contributed by atoms with E-state index in [9.17, 15) is 10.1 Å². The van der Waals surface area contributed by atoms with Gasteiger partial charge in [0.15, 0.2) is 11.6 Å². The average Bonchev–Trinajstić information content (AvgIpc) is 3.83. The molecular formula is C34H36F2N8O3S. The number of carbonyl (C=O) groups is 1. The fourth-order valence-corrected chi connectivity index (χ4v) is 8.86. The minimum atomic E-state index is -0.792. The van der Waals surface area contributed by atoms with E-state index in [2.05, 4.69) is 38.1 Å². The highest BCUT2D eigenvalue weighted by molar-refractivity contribution is 7.23. The fraction of sp³-hybridized carbons (Fsp3) is 0.500. The van der Waals surface area contributed by atoms with Gasteiger partial charge in [0, 0.05) is 66.8 Å². The molecule has 11 nitrogen and oxygen atoms in total. The maximum absolute atomic E-state index is 17.0. The van der Waals surface area contributed by atoms with Gasteiger partial charge in [-0.3, -0.25) is 20.1 Å². The number of anilines is 2. The zero-order chi connectivity index (χ0) is 33.5. The van der Waals surface area contributed by atoms with Gasteiger partial charge in [0.1, 0.15) is 22.2 Å². The number of piperazine rings is 1. The normalized spacial score (nSPS) is 22.9. The van der Waals surface area contributed by atoms with Crippen molar-refractivity contribution in [2.45, 2.75) is 77.0 Å². The molecular weight excluding hydrogens is 638 g/mol. The van der Waals surface area contributed by atoms with Crippen molar-refractivity contribution in [3.05, 3.63) is 40.7 Å². The van der Waals surface area contributed by atoms with E-state index in [1.807, 2.05) is 0 Å². The average molecular weight is 675 g/mol. The lowest BCUT2D eigenvalue weighted by molar-refractivity contribution is 0.0636. The Bertz CT molecular complexity index is 2010. The lowest BCUT2D eigenvalue weighted by Gasteiger charge is -2.41. The number of amides is 1. The quantitative estimate of drug-likeness (QED) is 0.285. The highest BCUT2D eigenvalue weighted by Crippen LogP contribution is 2.46. The maximum Gasteiger partial charge on any atom is 0.412 e. The third kappa shape index (κ3) is 5.15. The van der Waals surface area contributed by atoms with Gasteiger partial charge in [-0.25, -0.2) is 23.5 Å². The number of carbonyl (C=O) groups excluding carboxylic acids is 1. The summed E-state index contributed by atoms with van der Waals surface area (Å²) in [6, 6.07) is 3.67. The minimum Gasteiger partial charge on any atom is -0.444 e. The molecule has 0 spiro atoms. The van der Waals surface area contributed by atoms with Crippen LogP contribution in [0, 0.1) is 23.0 Å². The smallest absolute Gasteiger partial charge is 0.412 e. The zero-order valence-electron chi connectivity index (χ0n) is 27.3. The Morgan fingerprint density at radius 3 is 2.56 bits per heavy atom. The summed E-state index contributed by atoms with van der Waals surface area (Å²) < 4.78 is 43.4. The molecule has 3 atom stereocenters. The van der Waals surface area contributed by atoms with Crippen LogP contribution in [0.1, 0.15) is 56.7 Å². The van der Waals surface area contributed by atoms with Crippen molar-refractivity contribution in [2.24, 2.45) is 0 Å². The molecule has 8 rings (SSSR count). The van der Waals surface area contributed by atoms with Crippen LogP contribution in [0.4, 0.5) is 24.5 Å². The van der Waals surface area contributed by atoms with Gasteiger partial charge in [0.05, 0.1) is 35.4 Å². The van der Waals surface area contributed by atoms with Gasteiger partial charge in [-0.1, -0.05) is 0 Å². The van der Waals surface area contributed by atoms with E-state index in [0.29, 0.717) is 35.0 Å². The molecule has 0 saturated carbocycles. The summed E-state index contributed by atoms with van der Waals surface area (Å²) >= 11 is 0.874. The van der Waals surface area contributed by atoms with E-state index in [4.69, 9.17) is 19.4 Å². The number of halogens is 2. The number of thiophene rings is 1. The summed E-state index contributed by atoms with van der Waals surface area (Å²) in [5.41, 5.74) is 0.791. The molecule has 4 aliphatic heterocycles. The summed E-state index contributed by atoms with van der Waals surface area (Å²) in [5.74, 6) is -0.871. The topological polar surface area (TPSA) is 120 Å². The number of ether oxygens (including phenoxy) is 2. The van der Waals surface area contributed by atoms with Crippen molar-refractivity contribution in [2.75, 3.05) is 43.4 Å². The van der Waals surface area contributed by atoms with Crippen LogP contribution in [-0.4, -0.2) is 87.8 Å². The second-order valence-corrected chi connectivity index (χ2v) is 15.2. The number of benzene rings is 1. The molecule has 4 aromatic rings. The first-order valence-electron chi connectivity index (χ1n) is 16.3. The molecule has 1 aromatic carbocycles. The third-order valence-electron chi connectivity index (χ3n) is 10.2. The molecule has 48 heavy (non-hydrogen) atoms. The number of pyridine rings is 1. The Balaban J connectivity index is 1.19. The molecule has 7 heterocycles. The molecule has 3 aromatic heterocycles. The van der Waals surface area contributed by atoms with Crippen molar-refractivity contribution in [1.29, 1.82) is 5.26 Å². The molecule has 1 amide bonds. The summed E-state index contributed by atoms with van der Waals surface area (Å²) in [6.07, 6.45) is 5.37. The number of nitrogens with one attached hydrogen (secondary N) is 1. The largest absolute Gasteiger partial charge is 0.444 e. The molecule has 0 aliphatic carbocycles. The van der Waals surface area contributed by atoms with Gasteiger partial charge in [-0.15, -0.1) is 11.3 Å². The Hall–Kier alpha value is -4.03. The molecule has 2 bridgehead atoms. The summed E-state index contributed by atoms with van der Waals surface area (Å²) in [7, 11) is 2.24. The molecule has 14 heteroatoms. The van der Waals surface area contributed by atoms with Crippen LogP contribution in [-0.2, 0) is 22.7 Å². The van der Waals surface area contributed by atoms with Crippen LogP contribution >= 0.6 is 11.3 Å². The molecule has 2 unspecified atom stereocenters. The van der Waals surface area contributed by atoms with Crippen molar-refractivity contribution >= 4 is 49.4 Å². The van der Waals surface area contributed by atoms with Crippen molar-refractivity contribution in [3.63, 3.8) is 0 Å². The van der Waals surface area contributed by atoms with Gasteiger partial charge in [-0.2, -0.15) is 5.26 Å². The number of hydrogen-bond donors (Lipinski definition) is 1. The number of likely N-dealkylation sites (N-methyl/N-ethyl adjacent to an activating group) is 1. The lowest BCUT2D eigenvalue weighted by atomic mass is 9.94. The summed E-state index contributed by atoms with van der Waals surface area (Å²) in [6.45, 7) is 9.14. The van der Waals surface area contributed by atoms with E-state index in [1.54, 1.807) is 27.0 Å². The lowest BCUT2D eigenvalue weighted by Crippen LogP contribution is -2.55. The zero-order valence-corrected chi connectivity index (χ0v) is 28.1. The Labute approximate surface area is 280 Å². The fourth-order valence-electron chi connectivity index (χ4n) is 7.82. The summed E-state index contributed by atoms with van der Waals surface area (Å²) in [4.78, 5) is 33.7. The van der Waals surface area contributed by atoms with Gasteiger partial charge in [-0.05, 0) is 58.2 Å². The van der Waals surface area contributed by atoms with E-state index in [-0.39, 0.29) is 50.6 Å². The second kappa shape index (κ2) is 11.5. The first kappa shape index (κ1) is 31.3. The number of likely N-dealkylation sites (tertiary alicyclic amines) is 1. The predicted molar refractivity (Wildman–Crippen MR) is 178 cm³/mol. The minimum absolute atomic E-state index is 0.0288. The van der Waals surface area contributed by atoms with E-state index >= 15 is 8.78 Å². The molecule has 250 valence electrons. The van der Waals surface area contributed by atoms with Crippen LogP contribution in [0.25, 0.3) is 32.2 Å². The first-order chi connectivity index (χ1) is 23.0. The Kier molecular flexibility index (Phi) is 7.52. The highest BCUT2D eigenvalue weighted by Gasteiger charge is 2.41. The first-order valence-corrected chi connectivity index (χ1v) is 17.1. The Morgan fingerprint density at radius 2 is 1.83 bits per heavy atom. The standard InChI is InChI=1S/C34H36F2N8O3S/c1-34(2,3)47-33(45)41-31-20(9-37)26-29(38-11-24(35)30(26)48-31)25-23-16-46-15-22(23)21-10-39-32(40-28(21)27(25)36)43-8-7-19(14-43)44-12-17-5-6-18(13-44)42(17)4/h10-11,17-19H,5-8,12-16H2,1-4H3,(H,41,45)/t17?,18?,19-/m1/s1. The molecule has 4 aliphatic rings. The summed E-state index contributed by atoms with van der Waals surface area (Å²) in [5, 5.41) is 13.6. The van der Waals surface area contributed by atoms with Crippen LogP contribution in [0.5, 0.6) is 0 Å². The number of aromatic nitrogens is 3. The van der Waals surface area contributed by atoms with Crippen LogP contribution < -0.4 is 10.2 Å².